The van der Waals surface area contributed by atoms with Crippen molar-refractivity contribution in [2.45, 2.75) is 19.9 Å². The molecule has 1 atom stereocenters. The fourth-order valence-electron chi connectivity index (χ4n) is 2.58. The molecule has 0 spiro atoms. The maximum Gasteiger partial charge on any atom is 0.251 e. The zero-order chi connectivity index (χ0) is 16.9. The van der Waals surface area contributed by atoms with Gasteiger partial charge in [-0.2, -0.15) is 0 Å². The molecule has 0 fully saturated rings. The molecule has 0 saturated carbocycles. The first-order valence-electron chi connectivity index (χ1n) is 8.00. The summed E-state index contributed by atoms with van der Waals surface area (Å²) in [7, 11) is 0. The van der Waals surface area contributed by atoms with Crippen LogP contribution in [0.1, 0.15) is 31.1 Å². The Labute approximate surface area is 141 Å². The van der Waals surface area contributed by atoms with E-state index in [1.54, 1.807) is 6.20 Å². The maximum absolute atomic E-state index is 12.5. The first-order valence-corrected chi connectivity index (χ1v) is 8.00. The number of aromatic nitrogens is 1. The monoisotopic (exact) mass is 324 g/mol. The second kappa shape index (κ2) is 7.17. The summed E-state index contributed by atoms with van der Waals surface area (Å²) in [5.74, 6) is 1.24. The zero-order valence-electron chi connectivity index (χ0n) is 13.8. The molecule has 1 aliphatic rings. The van der Waals surface area contributed by atoms with Crippen LogP contribution in [0.25, 0.3) is 6.08 Å². The first kappa shape index (κ1) is 16.1. The molecule has 0 radical (unpaired) electrons. The van der Waals surface area contributed by atoms with Crippen molar-refractivity contribution >= 4 is 12.0 Å². The van der Waals surface area contributed by atoms with E-state index in [2.05, 4.69) is 10.3 Å². The van der Waals surface area contributed by atoms with Crippen molar-refractivity contribution in [1.82, 2.24) is 10.3 Å². The minimum Gasteiger partial charge on any atom is -0.490 e. The summed E-state index contributed by atoms with van der Waals surface area (Å²) in [6.45, 7) is 4.62. The molecular weight excluding hydrogens is 304 g/mol. The Morgan fingerprint density at radius 2 is 2.21 bits per heavy atom. The second-order valence-corrected chi connectivity index (χ2v) is 5.52. The Morgan fingerprint density at radius 3 is 2.96 bits per heavy atom. The molecular formula is C19H20N2O3. The maximum atomic E-state index is 12.5. The number of benzene rings is 1. The SMILES string of the molecule is CCOc1cccc2c1OCC(C(=O)N[C@@H](C)c1ccccn1)=C2. The predicted molar refractivity (Wildman–Crippen MR) is 91.9 cm³/mol. The van der Waals surface area contributed by atoms with Crippen LogP contribution in [-0.4, -0.2) is 24.1 Å². The molecule has 2 aromatic rings. The van der Waals surface area contributed by atoms with Crippen LogP contribution in [0, 0.1) is 0 Å². The molecule has 1 aliphatic heterocycles. The number of fused-ring (bicyclic) bond motifs is 1. The van der Waals surface area contributed by atoms with Crippen LogP contribution in [0.2, 0.25) is 0 Å². The van der Waals surface area contributed by atoms with Gasteiger partial charge in [0.05, 0.1) is 23.9 Å². The van der Waals surface area contributed by atoms with Crippen LogP contribution < -0.4 is 14.8 Å². The largest absolute Gasteiger partial charge is 0.490 e. The Bertz CT molecular complexity index is 756. The average Bonchev–Trinajstić information content (AvgIpc) is 2.62. The fourth-order valence-corrected chi connectivity index (χ4v) is 2.58. The Hall–Kier alpha value is -2.82. The third-order valence-corrected chi connectivity index (χ3v) is 3.78. The molecule has 1 amide bonds. The molecule has 0 aliphatic carbocycles. The van der Waals surface area contributed by atoms with Crippen molar-refractivity contribution in [3.05, 3.63) is 59.4 Å². The van der Waals surface area contributed by atoms with E-state index in [1.807, 2.05) is 56.3 Å². The van der Waals surface area contributed by atoms with Gasteiger partial charge in [-0.15, -0.1) is 0 Å². The van der Waals surface area contributed by atoms with Crippen LogP contribution in [0.15, 0.2) is 48.2 Å². The van der Waals surface area contributed by atoms with E-state index in [1.165, 1.54) is 0 Å². The molecule has 0 bridgehead atoms. The van der Waals surface area contributed by atoms with E-state index in [4.69, 9.17) is 9.47 Å². The summed E-state index contributed by atoms with van der Waals surface area (Å²) >= 11 is 0. The van der Waals surface area contributed by atoms with E-state index in [-0.39, 0.29) is 18.6 Å². The second-order valence-electron chi connectivity index (χ2n) is 5.52. The van der Waals surface area contributed by atoms with Crippen molar-refractivity contribution in [2.24, 2.45) is 0 Å². The molecule has 0 saturated heterocycles. The van der Waals surface area contributed by atoms with E-state index < -0.39 is 0 Å². The normalized spacial score (nSPS) is 14.0. The lowest BCUT2D eigenvalue weighted by atomic mass is 10.1. The quantitative estimate of drug-likeness (QED) is 0.918. The number of pyridine rings is 1. The molecule has 1 aromatic carbocycles. The minimum atomic E-state index is -0.171. The summed E-state index contributed by atoms with van der Waals surface area (Å²) in [4.78, 5) is 16.7. The van der Waals surface area contributed by atoms with Gasteiger partial charge in [0, 0.05) is 11.8 Å². The number of ether oxygens (including phenoxy) is 2. The Balaban J connectivity index is 1.76. The average molecular weight is 324 g/mol. The van der Waals surface area contributed by atoms with E-state index in [9.17, 15) is 4.79 Å². The van der Waals surface area contributed by atoms with E-state index in [0.717, 1.165) is 11.3 Å². The Kier molecular flexibility index (Phi) is 4.79. The third-order valence-electron chi connectivity index (χ3n) is 3.78. The van der Waals surface area contributed by atoms with Gasteiger partial charge in [0.2, 0.25) is 0 Å². The topological polar surface area (TPSA) is 60.5 Å². The number of hydrogen-bond donors (Lipinski definition) is 1. The summed E-state index contributed by atoms with van der Waals surface area (Å²) in [5.41, 5.74) is 2.25. The Morgan fingerprint density at radius 1 is 1.33 bits per heavy atom. The number of nitrogens with one attached hydrogen (secondary N) is 1. The van der Waals surface area contributed by atoms with Crippen LogP contribution in [-0.2, 0) is 4.79 Å². The molecule has 0 unspecified atom stereocenters. The third kappa shape index (κ3) is 3.40. The molecule has 2 heterocycles. The van der Waals surface area contributed by atoms with Gasteiger partial charge < -0.3 is 14.8 Å². The lowest BCUT2D eigenvalue weighted by molar-refractivity contribution is -0.118. The standard InChI is InChI=1S/C19H20N2O3/c1-3-23-17-9-6-7-14-11-15(12-24-18(14)17)19(22)21-13(2)16-8-4-5-10-20-16/h4-11,13H,3,12H2,1-2H3,(H,21,22)/t13-/m0/s1. The van der Waals surface area contributed by atoms with Crippen LogP contribution >= 0.6 is 0 Å². The van der Waals surface area contributed by atoms with Gasteiger partial charge in [-0.3, -0.25) is 9.78 Å². The summed E-state index contributed by atoms with van der Waals surface area (Å²) in [5, 5.41) is 2.96. The number of carbonyl (C=O) groups excluding carboxylic acids is 1. The molecule has 5 heteroatoms. The van der Waals surface area contributed by atoms with Gasteiger partial charge in [0.25, 0.3) is 5.91 Å². The number of para-hydroxylation sites is 1. The van der Waals surface area contributed by atoms with Crippen LogP contribution in [0.4, 0.5) is 0 Å². The highest BCUT2D eigenvalue weighted by Crippen LogP contribution is 2.35. The van der Waals surface area contributed by atoms with Crippen molar-refractivity contribution in [3.8, 4) is 11.5 Å². The highest BCUT2D eigenvalue weighted by molar-refractivity contribution is 5.99. The van der Waals surface area contributed by atoms with E-state index in [0.29, 0.717) is 23.7 Å². The number of rotatable bonds is 5. The number of carbonyl (C=O) groups is 1. The van der Waals surface area contributed by atoms with Gasteiger partial charge in [0.1, 0.15) is 6.61 Å². The van der Waals surface area contributed by atoms with Crippen molar-refractivity contribution in [3.63, 3.8) is 0 Å². The lowest BCUT2D eigenvalue weighted by Crippen LogP contribution is -2.31. The smallest absolute Gasteiger partial charge is 0.251 e. The molecule has 24 heavy (non-hydrogen) atoms. The predicted octanol–water partition coefficient (Wildman–Crippen LogP) is 3.13. The molecule has 1 aromatic heterocycles. The van der Waals surface area contributed by atoms with Gasteiger partial charge in [0.15, 0.2) is 11.5 Å². The number of nitrogens with zero attached hydrogens (tertiary/aromatic N) is 1. The van der Waals surface area contributed by atoms with Gasteiger partial charge >= 0.3 is 0 Å². The summed E-state index contributed by atoms with van der Waals surface area (Å²) in [6.07, 6.45) is 3.56. The molecule has 5 nitrogen and oxygen atoms in total. The van der Waals surface area contributed by atoms with E-state index >= 15 is 0 Å². The highest BCUT2D eigenvalue weighted by Gasteiger charge is 2.21. The first-order chi connectivity index (χ1) is 11.7. The number of amides is 1. The number of hydrogen-bond acceptors (Lipinski definition) is 4. The van der Waals surface area contributed by atoms with Crippen LogP contribution in [0.3, 0.4) is 0 Å². The zero-order valence-corrected chi connectivity index (χ0v) is 13.8. The van der Waals surface area contributed by atoms with Crippen LogP contribution in [0.5, 0.6) is 11.5 Å². The van der Waals surface area contributed by atoms with Gasteiger partial charge in [-0.25, -0.2) is 0 Å². The fraction of sp³-hybridized carbons (Fsp3) is 0.263. The van der Waals surface area contributed by atoms with Gasteiger partial charge in [-0.05, 0) is 38.1 Å². The van der Waals surface area contributed by atoms with Crippen molar-refractivity contribution in [2.75, 3.05) is 13.2 Å². The summed E-state index contributed by atoms with van der Waals surface area (Å²) < 4.78 is 11.3. The van der Waals surface area contributed by atoms with Crippen molar-refractivity contribution in [1.29, 1.82) is 0 Å². The highest BCUT2D eigenvalue weighted by atomic mass is 16.5. The summed E-state index contributed by atoms with van der Waals surface area (Å²) in [6, 6.07) is 11.1. The molecule has 1 N–H and O–H groups in total. The van der Waals surface area contributed by atoms with Crippen molar-refractivity contribution < 1.29 is 14.3 Å². The molecule has 3 rings (SSSR count). The minimum absolute atomic E-state index is 0.152. The molecule has 124 valence electrons. The lowest BCUT2D eigenvalue weighted by Gasteiger charge is -2.21. The van der Waals surface area contributed by atoms with Gasteiger partial charge in [-0.1, -0.05) is 18.2 Å².